The van der Waals surface area contributed by atoms with Gasteiger partial charge in [0.2, 0.25) is 0 Å². The third kappa shape index (κ3) is 2.76. The fourth-order valence-electron chi connectivity index (χ4n) is 2.22. The molecule has 1 aromatic heterocycles. The summed E-state index contributed by atoms with van der Waals surface area (Å²) in [4.78, 5) is 14.7. The van der Waals surface area contributed by atoms with Crippen molar-refractivity contribution in [2.45, 2.75) is 38.8 Å². The van der Waals surface area contributed by atoms with E-state index < -0.39 is 0 Å². The van der Waals surface area contributed by atoms with E-state index in [-0.39, 0.29) is 16.7 Å². The summed E-state index contributed by atoms with van der Waals surface area (Å²) in [6.07, 6.45) is 3.70. The number of nitrogens with one attached hydrogen (secondary N) is 2. The zero-order chi connectivity index (χ0) is 13.1. The Morgan fingerprint density at radius 1 is 1.61 bits per heavy atom. The minimum atomic E-state index is -0.370. The monoisotopic (exact) mass is 250 g/mol. The van der Waals surface area contributed by atoms with E-state index in [2.05, 4.69) is 22.5 Å². The standard InChI is InChI=1S/C12H18N4O2/c1-8-7-14-12(6-11(8)16(17)18)15-10-4-3-5-13-9(10)2/h6-7,9-10,13H,3-5H2,1-2H3,(H,14,15). The summed E-state index contributed by atoms with van der Waals surface area (Å²) in [6.45, 7) is 4.83. The smallest absolute Gasteiger partial charge is 0.277 e. The molecule has 2 unspecified atom stereocenters. The highest BCUT2D eigenvalue weighted by Gasteiger charge is 2.21. The first-order chi connectivity index (χ1) is 8.58. The zero-order valence-electron chi connectivity index (χ0n) is 10.6. The Labute approximate surface area is 106 Å². The molecule has 0 aromatic carbocycles. The van der Waals surface area contributed by atoms with Crippen LogP contribution in [0.15, 0.2) is 12.3 Å². The van der Waals surface area contributed by atoms with Crippen molar-refractivity contribution >= 4 is 11.5 Å². The first-order valence-electron chi connectivity index (χ1n) is 6.19. The van der Waals surface area contributed by atoms with Crippen LogP contribution in [0.3, 0.4) is 0 Å². The van der Waals surface area contributed by atoms with E-state index in [0.717, 1.165) is 19.4 Å². The lowest BCUT2D eigenvalue weighted by Gasteiger charge is -2.30. The lowest BCUT2D eigenvalue weighted by molar-refractivity contribution is -0.385. The van der Waals surface area contributed by atoms with Crippen LogP contribution in [0.25, 0.3) is 0 Å². The SMILES string of the molecule is Cc1cnc(NC2CCCNC2C)cc1[N+](=O)[O-]. The number of pyridine rings is 1. The second kappa shape index (κ2) is 5.30. The first kappa shape index (κ1) is 12.8. The van der Waals surface area contributed by atoms with Gasteiger partial charge in [-0.1, -0.05) is 0 Å². The van der Waals surface area contributed by atoms with Gasteiger partial charge in [-0.15, -0.1) is 0 Å². The molecule has 1 saturated heterocycles. The number of rotatable bonds is 3. The van der Waals surface area contributed by atoms with Gasteiger partial charge in [0, 0.05) is 23.8 Å². The van der Waals surface area contributed by atoms with Crippen molar-refractivity contribution in [2.75, 3.05) is 11.9 Å². The molecule has 0 amide bonds. The molecule has 6 nitrogen and oxygen atoms in total. The molecule has 0 radical (unpaired) electrons. The number of hydrogen-bond acceptors (Lipinski definition) is 5. The van der Waals surface area contributed by atoms with Crippen molar-refractivity contribution < 1.29 is 4.92 Å². The molecule has 18 heavy (non-hydrogen) atoms. The van der Waals surface area contributed by atoms with Crippen LogP contribution in [0.5, 0.6) is 0 Å². The molecule has 2 atom stereocenters. The van der Waals surface area contributed by atoms with E-state index in [9.17, 15) is 10.1 Å². The molecule has 6 heteroatoms. The molecule has 1 aromatic rings. The van der Waals surface area contributed by atoms with Crippen molar-refractivity contribution in [3.8, 4) is 0 Å². The van der Waals surface area contributed by atoms with Crippen LogP contribution in [-0.2, 0) is 0 Å². The largest absolute Gasteiger partial charge is 0.366 e. The molecule has 2 rings (SSSR count). The number of nitrogens with zero attached hydrogens (tertiary/aromatic N) is 2. The van der Waals surface area contributed by atoms with Crippen molar-refractivity contribution in [1.82, 2.24) is 10.3 Å². The van der Waals surface area contributed by atoms with Gasteiger partial charge in [0.15, 0.2) is 0 Å². The highest BCUT2D eigenvalue weighted by atomic mass is 16.6. The number of piperidine rings is 1. The second-order valence-electron chi connectivity index (χ2n) is 4.75. The van der Waals surface area contributed by atoms with Gasteiger partial charge >= 0.3 is 0 Å². The molecular formula is C12H18N4O2. The molecule has 0 saturated carbocycles. The van der Waals surface area contributed by atoms with Crippen LogP contribution in [0, 0.1) is 17.0 Å². The minimum Gasteiger partial charge on any atom is -0.366 e. The van der Waals surface area contributed by atoms with Gasteiger partial charge in [0.25, 0.3) is 5.69 Å². The molecule has 2 N–H and O–H groups in total. The molecule has 1 fully saturated rings. The summed E-state index contributed by atoms with van der Waals surface area (Å²) in [6, 6.07) is 2.13. The third-order valence-corrected chi connectivity index (χ3v) is 3.37. The van der Waals surface area contributed by atoms with E-state index in [1.165, 1.54) is 6.07 Å². The average molecular weight is 250 g/mol. The Balaban J connectivity index is 2.14. The number of anilines is 1. The van der Waals surface area contributed by atoms with Crippen molar-refractivity contribution in [2.24, 2.45) is 0 Å². The number of hydrogen-bond donors (Lipinski definition) is 2. The van der Waals surface area contributed by atoms with Gasteiger partial charge in [-0.3, -0.25) is 10.1 Å². The van der Waals surface area contributed by atoms with E-state index in [0.29, 0.717) is 17.4 Å². The number of nitro groups is 1. The van der Waals surface area contributed by atoms with Crippen molar-refractivity contribution in [1.29, 1.82) is 0 Å². The third-order valence-electron chi connectivity index (χ3n) is 3.37. The summed E-state index contributed by atoms with van der Waals surface area (Å²) in [5.74, 6) is 0.577. The van der Waals surface area contributed by atoms with Crippen LogP contribution in [-0.4, -0.2) is 28.5 Å². The molecule has 1 aliphatic rings. The predicted molar refractivity (Wildman–Crippen MR) is 69.7 cm³/mol. The molecular weight excluding hydrogens is 232 g/mol. The normalized spacial score (nSPS) is 23.7. The van der Waals surface area contributed by atoms with E-state index in [4.69, 9.17) is 0 Å². The van der Waals surface area contributed by atoms with Gasteiger partial charge in [-0.05, 0) is 33.2 Å². The van der Waals surface area contributed by atoms with Gasteiger partial charge < -0.3 is 10.6 Å². The summed E-state index contributed by atoms with van der Waals surface area (Å²) >= 11 is 0. The maximum atomic E-state index is 10.9. The quantitative estimate of drug-likeness (QED) is 0.632. The minimum absolute atomic E-state index is 0.115. The Hall–Kier alpha value is -1.69. The van der Waals surface area contributed by atoms with Crippen LogP contribution in [0.2, 0.25) is 0 Å². The topological polar surface area (TPSA) is 80.1 Å². The maximum absolute atomic E-state index is 10.9. The van der Waals surface area contributed by atoms with Gasteiger partial charge in [-0.2, -0.15) is 0 Å². The van der Waals surface area contributed by atoms with Gasteiger partial charge in [-0.25, -0.2) is 4.98 Å². The van der Waals surface area contributed by atoms with E-state index in [1.807, 2.05) is 0 Å². The van der Waals surface area contributed by atoms with Crippen LogP contribution in [0.1, 0.15) is 25.3 Å². The van der Waals surface area contributed by atoms with Gasteiger partial charge in [0.1, 0.15) is 5.82 Å². The van der Waals surface area contributed by atoms with E-state index >= 15 is 0 Å². The molecule has 98 valence electrons. The van der Waals surface area contributed by atoms with Crippen molar-refractivity contribution in [3.05, 3.63) is 27.9 Å². The van der Waals surface area contributed by atoms with Gasteiger partial charge in [0.05, 0.1) is 11.0 Å². The van der Waals surface area contributed by atoms with E-state index in [1.54, 1.807) is 13.1 Å². The highest BCUT2D eigenvalue weighted by Crippen LogP contribution is 2.22. The fraction of sp³-hybridized carbons (Fsp3) is 0.583. The number of aryl methyl sites for hydroxylation is 1. The predicted octanol–water partition coefficient (Wildman–Crippen LogP) is 1.85. The van der Waals surface area contributed by atoms with Crippen molar-refractivity contribution in [3.63, 3.8) is 0 Å². The molecule has 0 bridgehead atoms. The Kier molecular flexibility index (Phi) is 3.76. The summed E-state index contributed by atoms with van der Waals surface area (Å²) in [5.41, 5.74) is 0.698. The highest BCUT2D eigenvalue weighted by molar-refractivity contribution is 5.49. The van der Waals surface area contributed by atoms with Crippen LogP contribution in [0.4, 0.5) is 11.5 Å². The molecule has 2 heterocycles. The Bertz CT molecular complexity index is 450. The Morgan fingerprint density at radius 3 is 3.06 bits per heavy atom. The molecule has 0 aliphatic carbocycles. The summed E-state index contributed by atoms with van der Waals surface area (Å²) in [7, 11) is 0. The maximum Gasteiger partial charge on any atom is 0.277 e. The first-order valence-corrected chi connectivity index (χ1v) is 6.19. The molecule has 0 spiro atoms. The average Bonchev–Trinajstić information content (AvgIpc) is 2.34. The zero-order valence-corrected chi connectivity index (χ0v) is 10.6. The lowest BCUT2D eigenvalue weighted by atomic mass is 10.00. The van der Waals surface area contributed by atoms with Crippen LogP contribution >= 0.6 is 0 Å². The lowest BCUT2D eigenvalue weighted by Crippen LogP contribution is -2.46. The summed E-state index contributed by atoms with van der Waals surface area (Å²) < 4.78 is 0. The summed E-state index contributed by atoms with van der Waals surface area (Å²) in [5, 5.41) is 17.5. The fourth-order valence-corrected chi connectivity index (χ4v) is 2.22. The van der Waals surface area contributed by atoms with Crippen LogP contribution < -0.4 is 10.6 Å². The Morgan fingerprint density at radius 2 is 2.39 bits per heavy atom. The second-order valence-corrected chi connectivity index (χ2v) is 4.75. The molecule has 1 aliphatic heterocycles. The number of aromatic nitrogens is 1.